The van der Waals surface area contributed by atoms with Gasteiger partial charge in [0.2, 0.25) is 0 Å². The second-order valence-corrected chi connectivity index (χ2v) is 4.99. The number of nitrogens with zero attached hydrogens (tertiary/aromatic N) is 5. The highest BCUT2D eigenvalue weighted by Crippen LogP contribution is 2.11. The number of carbonyl (C=O) groups excluding carboxylic acids is 1. The maximum absolute atomic E-state index is 12.1. The summed E-state index contributed by atoms with van der Waals surface area (Å²) < 4.78 is 6.41. The second-order valence-electron chi connectivity index (χ2n) is 4.99. The number of benzene rings is 2. The van der Waals surface area contributed by atoms with E-state index in [1.807, 2.05) is 66.5 Å². The van der Waals surface area contributed by atoms with E-state index < -0.39 is 5.97 Å². The lowest BCUT2D eigenvalue weighted by Gasteiger charge is -2.02. The molecule has 0 spiro atoms. The molecule has 0 saturated carbocycles. The average Bonchev–Trinajstić information content (AvgIpc) is 3.09. The summed E-state index contributed by atoms with van der Waals surface area (Å²) in [4.78, 5) is 13.5. The summed E-state index contributed by atoms with van der Waals surface area (Å²) >= 11 is 0. The summed E-state index contributed by atoms with van der Waals surface area (Å²) in [5.41, 5.74) is 1.18. The first-order chi connectivity index (χ1) is 12.2. The van der Waals surface area contributed by atoms with Crippen molar-refractivity contribution in [3.05, 3.63) is 71.9 Å². The predicted octanol–water partition coefficient (Wildman–Crippen LogP) is 1.73. The first-order valence-electron chi connectivity index (χ1n) is 7.69. The predicted molar refractivity (Wildman–Crippen MR) is 91.3 cm³/mol. The van der Waals surface area contributed by atoms with Crippen molar-refractivity contribution in [1.29, 1.82) is 0 Å². The number of para-hydroxylation sites is 2. The summed E-state index contributed by atoms with van der Waals surface area (Å²) in [6, 6.07) is 18.4. The molecule has 3 aromatic rings. The Balaban J connectivity index is 2.17. The third kappa shape index (κ3) is 3.36. The van der Waals surface area contributed by atoms with E-state index in [0.717, 1.165) is 0 Å². The molecular formula is C18H15N5O2. The van der Waals surface area contributed by atoms with Crippen LogP contribution in [0.1, 0.15) is 12.7 Å². The smallest absolute Gasteiger partial charge is 0.351 e. The van der Waals surface area contributed by atoms with E-state index in [-0.39, 0.29) is 18.0 Å². The summed E-state index contributed by atoms with van der Waals surface area (Å²) in [6.45, 7) is 1.85. The third-order valence-corrected chi connectivity index (χ3v) is 3.37. The number of hydrogen-bond acceptors (Lipinski definition) is 4. The molecule has 0 aliphatic rings. The van der Waals surface area contributed by atoms with Gasteiger partial charge in [0.25, 0.3) is 0 Å². The van der Waals surface area contributed by atoms with Crippen molar-refractivity contribution >= 4 is 17.4 Å². The maximum Gasteiger partial charge on any atom is 0.351 e. The Bertz CT molecular complexity index is 929. The summed E-state index contributed by atoms with van der Waals surface area (Å²) in [5.74, 6) is 1.28. The molecule has 0 unspecified atom stereocenters. The van der Waals surface area contributed by atoms with Crippen LogP contribution < -0.4 is 4.68 Å². The van der Waals surface area contributed by atoms with E-state index in [1.165, 1.54) is 9.48 Å². The lowest BCUT2D eigenvalue weighted by Crippen LogP contribution is -2.38. The van der Waals surface area contributed by atoms with Crippen LogP contribution in [-0.2, 0) is 9.53 Å². The Kier molecular flexibility index (Phi) is 4.78. The molecule has 2 aromatic carbocycles. The van der Waals surface area contributed by atoms with Crippen molar-refractivity contribution in [1.82, 2.24) is 15.1 Å². The fraction of sp³-hybridized carbons (Fsp3) is 0.111. The van der Waals surface area contributed by atoms with Crippen LogP contribution in [-0.4, -0.2) is 33.6 Å². The molecule has 0 radical (unpaired) electrons. The van der Waals surface area contributed by atoms with Crippen LogP contribution >= 0.6 is 0 Å². The lowest BCUT2D eigenvalue weighted by molar-refractivity contribution is -0.663. The van der Waals surface area contributed by atoms with Gasteiger partial charge in [-0.2, -0.15) is 0 Å². The van der Waals surface area contributed by atoms with E-state index in [4.69, 9.17) is 4.74 Å². The van der Waals surface area contributed by atoms with Crippen molar-refractivity contribution in [3.8, 4) is 11.4 Å². The summed E-state index contributed by atoms with van der Waals surface area (Å²) in [6.07, 6.45) is 0. The highest BCUT2D eigenvalue weighted by molar-refractivity contribution is 6.24. The molecule has 3 rings (SSSR count). The van der Waals surface area contributed by atoms with Gasteiger partial charge in [-0.1, -0.05) is 41.1 Å². The van der Waals surface area contributed by atoms with Gasteiger partial charge in [0, 0.05) is 4.80 Å². The molecule has 7 heteroatoms. The molecule has 1 heterocycles. The molecule has 0 fully saturated rings. The molecule has 124 valence electrons. The van der Waals surface area contributed by atoms with Crippen LogP contribution in [0.15, 0.2) is 60.7 Å². The number of ether oxygens (including phenoxy) is 1. The molecule has 0 saturated heterocycles. The SMILES string of the molecule is CCOC(=O)C(=C=[N-])c1nn(-c2ccccc2)n[n+]1-c1ccccc1. The van der Waals surface area contributed by atoms with Gasteiger partial charge >= 0.3 is 11.8 Å². The van der Waals surface area contributed by atoms with Gasteiger partial charge in [0.1, 0.15) is 5.69 Å². The molecule has 0 aliphatic heterocycles. The van der Waals surface area contributed by atoms with Gasteiger partial charge < -0.3 is 10.1 Å². The summed E-state index contributed by atoms with van der Waals surface area (Å²) in [5, 5.41) is 18.2. The minimum Gasteiger partial charge on any atom is -0.762 e. The fourth-order valence-corrected chi connectivity index (χ4v) is 2.24. The molecule has 25 heavy (non-hydrogen) atoms. The van der Waals surface area contributed by atoms with E-state index in [0.29, 0.717) is 11.4 Å². The van der Waals surface area contributed by atoms with Crippen LogP contribution in [0.2, 0.25) is 0 Å². The highest BCUT2D eigenvalue weighted by atomic mass is 16.5. The normalized spacial score (nSPS) is 10.1. The quantitative estimate of drug-likeness (QED) is 0.308. The Labute approximate surface area is 144 Å². The zero-order valence-corrected chi connectivity index (χ0v) is 13.5. The molecular weight excluding hydrogens is 318 g/mol. The molecule has 1 aromatic heterocycles. The van der Waals surface area contributed by atoms with Crippen molar-refractivity contribution in [3.63, 3.8) is 0 Å². The van der Waals surface area contributed by atoms with Crippen LogP contribution in [0.4, 0.5) is 0 Å². The fourth-order valence-electron chi connectivity index (χ4n) is 2.24. The van der Waals surface area contributed by atoms with Crippen molar-refractivity contribution in [2.45, 2.75) is 6.92 Å². The van der Waals surface area contributed by atoms with Gasteiger partial charge in [0.15, 0.2) is 11.3 Å². The molecule has 0 N–H and O–H groups in total. The minimum atomic E-state index is -0.727. The Morgan fingerprint density at radius 3 is 2.40 bits per heavy atom. The Morgan fingerprint density at radius 2 is 1.80 bits per heavy atom. The summed E-state index contributed by atoms with van der Waals surface area (Å²) in [7, 11) is 0. The Morgan fingerprint density at radius 1 is 1.16 bits per heavy atom. The molecule has 0 aliphatic carbocycles. The van der Waals surface area contributed by atoms with Crippen LogP contribution in [0.25, 0.3) is 22.4 Å². The van der Waals surface area contributed by atoms with Crippen LogP contribution in [0.3, 0.4) is 0 Å². The molecule has 0 amide bonds. The highest BCUT2D eigenvalue weighted by Gasteiger charge is 2.29. The maximum atomic E-state index is 12.1. The van der Waals surface area contributed by atoms with Crippen LogP contribution in [0, 0.1) is 0 Å². The van der Waals surface area contributed by atoms with Crippen LogP contribution in [0.5, 0.6) is 0 Å². The van der Waals surface area contributed by atoms with Crippen molar-refractivity contribution in [2.24, 2.45) is 0 Å². The van der Waals surface area contributed by atoms with E-state index in [9.17, 15) is 10.2 Å². The average molecular weight is 333 g/mol. The van der Waals surface area contributed by atoms with Gasteiger partial charge in [-0.05, 0) is 31.2 Å². The number of carbonyl (C=O) groups is 1. The number of aromatic nitrogens is 4. The largest absolute Gasteiger partial charge is 0.762 e. The van der Waals surface area contributed by atoms with Crippen molar-refractivity contribution < 1.29 is 14.2 Å². The molecule has 0 atom stereocenters. The van der Waals surface area contributed by atoms with E-state index in [2.05, 4.69) is 10.3 Å². The zero-order chi connectivity index (χ0) is 17.6. The van der Waals surface area contributed by atoms with E-state index >= 15 is 0 Å². The zero-order valence-electron chi connectivity index (χ0n) is 13.5. The monoisotopic (exact) mass is 333 g/mol. The third-order valence-electron chi connectivity index (χ3n) is 3.37. The number of tetrazole rings is 1. The van der Waals surface area contributed by atoms with Gasteiger partial charge in [-0.25, -0.2) is 10.7 Å². The van der Waals surface area contributed by atoms with Gasteiger partial charge in [-0.15, -0.1) is 0 Å². The first-order valence-corrected chi connectivity index (χ1v) is 7.69. The molecule has 7 nitrogen and oxygen atoms in total. The van der Waals surface area contributed by atoms with Gasteiger partial charge in [0.05, 0.1) is 16.9 Å². The van der Waals surface area contributed by atoms with Crippen molar-refractivity contribution in [2.75, 3.05) is 6.61 Å². The second kappa shape index (κ2) is 7.33. The number of rotatable bonds is 5. The first kappa shape index (κ1) is 16.3. The number of hydrogen-bond donors (Lipinski definition) is 0. The minimum absolute atomic E-state index is 0.121. The Hall–Kier alpha value is -3.57. The number of esters is 1. The molecule has 0 bridgehead atoms. The van der Waals surface area contributed by atoms with Gasteiger partial charge in [-0.3, -0.25) is 0 Å². The van der Waals surface area contributed by atoms with E-state index in [1.54, 1.807) is 6.92 Å². The standard InChI is InChI=1S/C18H15N5O2/c1-2-25-18(24)16(13-19)17-20-23(15-11-7-4-8-12-15)21-22(17)14-9-5-3-6-10-14/h3-12H,2H2,1H3. The topological polar surface area (TPSA) is 83.2 Å². The lowest BCUT2D eigenvalue weighted by atomic mass is 10.2.